The van der Waals surface area contributed by atoms with Crippen LogP contribution in [0, 0.1) is 5.82 Å². The topological polar surface area (TPSA) is 92.8 Å². The van der Waals surface area contributed by atoms with Gasteiger partial charge >= 0.3 is 5.97 Å². The molecule has 206 valence electrons. The Morgan fingerprint density at radius 3 is 2.51 bits per heavy atom. The number of esters is 1. The number of carbonyl (C=O) groups excluding carboxylic acids is 2. The molecule has 0 radical (unpaired) electrons. The predicted molar refractivity (Wildman–Crippen MR) is 164 cm³/mol. The van der Waals surface area contributed by atoms with Gasteiger partial charge in [0.25, 0.3) is 5.91 Å². The number of ether oxygens (including phenoxy) is 2. The van der Waals surface area contributed by atoms with Gasteiger partial charge in [0.1, 0.15) is 17.3 Å². The van der Waals surface area contributed by atoms with Gasteiger partial charge in [-0.25, -0.2) is 14.6 Å². The summed E-state index contributed by atoms with van der Waals surface area (Å²) in [6.45, 7) is 0. The Bertz CT molecular complexity index is 1820. The van der Waals surface area contributed by atoms with E-state index in [0.29, 0.717) is 47.4 Å². The lowest BCUT2D eigenvalue weighted by atomic mass is 10.0. The van der Waals surface area contributed by atoms with E-state index in [1.165, 1.54) is 19.4 Å². The van der Waals surface area contributed by atoms with Crippen molar-refractivity contribution in [2.24, 2.45) is 5.10 Å². The highest BCUT2D eigenvalue weighted by Crippen LogP contribution is 2.37. The van der Waals surface area contributed by atoms with Gasteiger partial charge in [-0.3, -0.25) is 4.79 Å². The maximum Gasteiger partial charge on any atom is 0.343 e. The Morgan fingerprint density at radius 1 is 1.02 bits per heavy atom. The number of nitrogens with zero attached hydrogens (tertiary/aromatic N) is 1. The van der Waals surface area contributed by atoms with Crippen molar-refractivity contribution in [3.63, 3.8) is 0 Å². The van der Waals surface area contributed by atoms with Gasteiger partial charge in [-0.05, 0) is 64.5 Å². The maximum absolute atomic E-state index is 14.6. The Kier molecular flexibility index (Phi) is 8.53. The third-order valence-corrected chi connectivity index (χ3v) is 7.46. The van der Waals surface area contributed by atoms with E-state index in [9.17, 15) is 14.0 Å². The first-order chi connectivity index (χ1) is 19.8. The molecule has 5 rings (SSSR count). The van der Waals surface area contributed by atoms with Gasteiger partial charge in [0.2, 0.25) is 0 Å². The summed E-state index contributed by atoms with van der Waals surface area (Å²) in [5, 5.41) is 4.99. The van der Waals surface area contributed by atoms with Crippen molar-refractivity contribution >= 4 is 72.5 Å². The average molecular weight is 700 g/mol. The standard InChI is InChI=1S/C30H19Br2ClFN3O4/c1-40-19-11-9-16(10-12-19)30(39)41-28-17(13-18(31)14-22(28)32)15-35-37-29(38)27-25(20-5-2-3-7-23(20)33)21-6-4-8-24(34)26(21)36-27/h2-15,36H,1H3,(H,37,38). The predicted octanol–water partition coefficient (Wildman–Crippen LogP) is 8.14. The smallest absolute Gasteiger partial charge is 0.343 e. The van der Waals surface area contributed by atoms with Crippen LogP contribution in [0.1, 0.15) is 26.4 Å². The number of rotatable bonds is 7. The fraction of sp³-hybridized carbons (Fsp3) is 0.0333. The van der Waals surface area contributed by atoms with Gasteiger partial charge in [-0.1, -0.05) is 57.9 Å². The van der Waals surface area contributed by atoms with E-state index in [4.69, 9.17) is 21.1 Å². The molecule has 0 saturated heterocycles. The zero-order valence-electron chi connectivity index (χ0n) is 21.2. The first kappa shape index (κ1) is 28.5. The lowest BCUT2D eigenvalue weighted by Crippen LogP contribution is -2.19. The highest BCUT2D eigenvalue weighted by atomic mass is 79.9. The molecular formula is C30H19Br2ClFN3O4. The fourth-order valence-electron chi connectivity index (χ4n) is 4.17. The van der Waals surface area contributed by atoms with Crippen LogP contribution < -0.4 is 14.9 Å². The highest BCUT2D eigenvalue weighted by molar-refractivity contribution is 9.11. The molecule has 41 heavy (non-hydrogen) atoms. The number of nitrogens with one attached hydrogen (secondary N) is 2. The molecule has 0 spiro atoms. The molecule has 1 heterocycles. The van der Waals surface area contributed by atoms with Crippen molar-refractivity contribution < 1.29 is 23.5 Å². The van der Waals surface area contributed by atoms with Crippen LogP contribution in [0.5, 0.6) is 11.5 Å². The van der Waals surface area contributed by atoms with Gasteiger partial charge in [0.15, 0.2) is 5.75 Å². The lowest BCUT2D eigenvalue weighted by molar-refractivity contribution is 0.0732. The summed E-state index contributed by atoms with van der Waals surface area (Å²) >= 11 is 13.3. The van der Waals surface area contributed by atoms with E-state index >= 15 is 0 Å². The molecule has 4 aromatic carbocycles. The summed E-state index contributed by atoms with van der Waals surface area (Å²) in [6.07, 6.45) is 1.34. The van der Waals surface area contributed by atoms with Crippen molar-refractivity contribution in [2.45, 2.75) is 0 Å². The molecule has 5 aromatic rings. The number of hydrogen-bond acceptors (Lipinski definition) is 5. The number of aromatic amines is 1. The Morgan fingerprint density at radius 2 is 1.78 bits per heavy atom. The molecule has 2 N–H and O–H groups in total. The molecule has 0 bridgehead atoms. The zero-order valence-corrected chi connectivity index (χ0v) is 25.1. The summed E-state index contributed by atoms with van der Waals surface area (Å²) in [5.41, 5.74) is 4.42. The van der Waals surface area contributed by atoms with Gasteiger partial charge in [-0.2, -0.15) is 5.10 Å². The maximum atomic E-state index is 14.6. The number of H-pyrrole nitrogens is 1. The summed E-state index contributed by atoms with van der Waals surface area (Å²) in [7, 11) is 1.53. The number of halogens is 4. The Balaban J connectivity index is 1.44. The average Bonchev–Trinajstić information content (AvgIpc) is 3.36. The molecule has 0 saturated carbocycles. The zero-order chi connectivity index (χ0) is 29.1. The summed E-state index contributed by atoms with van der Waals surface area (Å²) in [5.74, 6) is -0.945. The fourth-order valence-corrected chi connectivity index (χ4v) is 5.74. The first-order valence-corrected chi connectivity index (χ1v) is 14.0. The van der Waals surface area contributed by atoms with Crippen LogP contribution in [-0.4, -0.2) is 30.2 Å². The quantitative estimate of drug-likeness (QED) is 0.0777. The Labute approximate surface area is 255 Å². The number of para-hydroxylation sites is 1. The molecule has 1 amide bonds. The number of methoxy groups -OCH3 is 1. The molecule has 0 aliphatic carbocycles. The van der Waals surface area contributed by atoms with Gasteiger partial charge in [0, 0.05) is 31.6 Å². The molecule has 0 unspecified atom stereocenters. The van der Waals surface area contributed by atoms with E-state index in [0.717, 1.165) is 0 Å². The van der Waals surface area contributed by atoms with Crippen molar-refractivity contribution in [3.05, 3.63) is 115 Å². The van der Waals surface area contributed by atoms with E-state index < -0.39 is 17.7 Å². The second-order valence-electron chi connectivity index (χ2n) is 8.64. The number of hydrogen-bond donors (Lipinski definition) is 2. The van der Waals surface area contributed by atoms with Crippen molar-refractivity contribution in [3.8, 4) is 22.6 Å². The van der Waals surface area contributed by atoms with Gasteiger partial charge in [0.05, 0.1) is 28.9 Å². The normalized spacial score (nSPS) is 11.1. The second-order valence-corrected chi connectivity index (χ2v) is 10.8. The molecule has 7 nitrogen and oxygen atoms in total. The minimum absolute atomic E-state index is 0.0805. The van der Waals surface area contributed by atoms with E-state index in [-0.39, 0.29) is 17.0 Å². The summed E-state index contributed by atoms with van der Waals surface area (Å²) in [4.78, 5) is 29.0. The minimum atomic E-state index is -0.627. The number of benzene rings is 4. The molecule has 0 aliphatic heterocycles. The molecular weight excluding hydrogens is 681 g/mol. The largest absolute Gasteiger partial charge is 0.497 e. The monoisotopic (exact) mass is 697 g/mol. The van der Waals surface area contributed by atoms with Crippen LogP contribution in [-0.2, 0) is 0 Å². The van der Waals surface area contributed by atoms with Gasteiger partial charge < -0.3 is 14.5 Å². The van der Waals surface area contributed by atoms with E-state index in [2.05, 4.69) is 47.4 Å². The van der Waals surface area contributed by atoms with Crippen molar-refractivity contribution in [1.29, 1.82) is 0 Å². The molecule has 0 atom stereocenters. The minimum Gasteiger partial charge on any atom is -0.497 e. The summed E-state index contributed by atoms with van der Waals surface area (Å²) < 4.78 is 26.6. The van der Waals surface area contributed by atoms with Crippen LogP contribution in [0.4, 0.5) is 4.39 Å². The van der Waals surface area contributed by atoms with Crippen LogP contribution in [0.3, 0.4) is 0 Å². The van der Waals surface area contributed by atoms with Crippen LogP contribution in [0.2, 0.25) is 5.02 Å². The van der Waals surface area contributed by atoms with E-state index in [1.807, 2.05) is 0 Å². The third kappa shape index (κ3) is 6.04. The highest BCUT2D eigenvalue weighted by Gasteiger charge is 2.22. The Hall–Kier alpha value is -3.99. The van der Waals surface area contributed by atoms with Crippen molar-refractivity contribution in [2.75, 3.05) is 7.11 Å². The third-order valence-electron chi connectivity index (χ3n) is 6.08. The number of aromatic nitrogens is 1. The van der Waals surface area contributed by atoms with Crippen LogP contribution in [0.25, 0.3) is 22.0 Å². The first-order valence-electron chi connectivity index (χ1n) is 12.0. The van der Waals surface area contributed by atoms with Crippen LogP contribution in [0.15, 0.2) is 92.9 Å². The van der Waals surface area contributed by atoms with Crippen molar-refractivity contribution in [1.82, 2.24) is 10.4 Å². The molecule has 1 aromatic heterocycles. The molecule has 0 fully saturated rings. The molecule has 11 heteroatoms. The van der Waals surface area contributed by atoms with E-state index in [1.54, 1.807) is 72.8 Å². The number of carbonyl (C=O) groups is 2. The SMILES string of the molecule is COc1ccc(C(=O)Oc2c(Br)cc(Br)cc2C=NNC(=O)c2[nH]c3c(F)cccc3c2-c2ccccc2Cl)cc1. The lowest BCUT2D eigenvalue weighted by Gasteiger charge is -2.11. The number of hydrazone groups is 1. The summed E-state index contributed by atoms with van der Waals surface area (Å²) in [6, 6.07) is 21.4. The second kappa shape index (κ2) is 12.3. The van der Waals surface area contributed by atoms with Crippen LogP contribution >= 0.6 is 43.5 Å². The number of fused-ring (bicyclic) bond motifs is 1. The molecule has 0 aliphatic rings. The van der Waals surface area contributed by atoms with Gasteiger partial charge in [-0.15, -0.1) is 0 Å². The number of amides is 1.